The van der Waals surface area contributed by atoms with Crippen molar-refractivity contribution < 1.29 is 4.42 Å². The van der Waals surface area contributed by atoms with E-state index in [-0.39, 0.29) is 0 Å². The lowest BCUT2D eigenvalue weighted by atomic mass is 10.1. The number of pyridine rings is 1. The van der Waals surface area contributed by atoms with Crippen molar-refractivity contribution in [3.63, 3.8) is 0 Å². The second-order valence-electron chi connectivity index (χ2n) is 5.14. The van der Waals surface area contributed by atoms with Gasteiger partial charge >= 0.3 is 0 Å². The van der Waals surface area contributed by atoms with E-state index in [0.29, 0.717) is 6.54 Å². The number of hydrogen-bond donors (Lipinski definition) is 1. The van der Waals surface area contributed by atoms with Crippen LogP contribution < -0.4 is 5.32 Å². The highest BCUT2D eigenvalue weighted by molar-refractivity contribution is 6.31. The number of benzene rings is 1. The Labute approximate surface area is 135 Å². The normalized spacial score (nSPS) is 10.8. The summed E-state index contributed by atoms with van der Waals surface area (Å²) < 4.78 is 5.91. The third kappa shape index (κ3) is 3.38. The zero-order chi connectivity index (χ0) is 15.4. The summed E-state index contributed by atoms with van der Waals surface area (Å²) in [4.78, 5) is 4.01. The average Bonchev–Trinajstić information content (AvgIpc) is 3.00. The summed E-state index contributed by atoms with van der Waals surface area (Å²) in [7, 11) is 0. The summed E-state index contributed by atoms with van der Waals surface area (Å²) in [6.07, 6.45) is 3.59. The Hall–Kier alpha value is -2.10. The first-order valence-electron chi connectivity index (χ1n) is 7.18. The highest BCUT2D eigenvalue weighted by Gasteiger charge is 2.09. The van der Waals surface area contributed by atoms with Gasteiger partial charge in [-0.05, 0) is 48.4 Å². The Bertz CT molecular complexity index is 753. The summed E-state index contributed by atoms with van der Waals surface area (Å²) in [5.41, 5.74) is 3.27. The molecule has 0 radical (unpaired) electrons. The molecule has 0 saturated heterocycles. The van der Waals surface area contributed by atoms with E-state index in [4.69, 9.17) is 16.0 Å². The molecule has 0 aliphatic rings. The van der Waals surface area contributed by atoms with E-state index in [1.165, 1.54) is 5.56 Å². The molecule has 0 fully saturated rings. The van der Waals surface area contributed by atoms with E-state index in [0.717, 1.165) is 34.2 Å². The van der Waals surface area contributed by atoms with E-state index in [1.54, 1.807) is 12.4 Å². The molecular weight excluding hydrogens is 296 g/mol. The molecule has 0 aliphatic heterocycles. The summed E-state index contributed by atoms with van der Waals surface area (Å²) in [6, 6.07) is 13.8. The third-order valence-corrected chi connectivity index (χ3v) is 3.98. The van der Waals surface area contributed by atoms with Crippen molar-refractivity contribution in [1.29, 1.82) is 0 Å². The second-order valence-corrected chi connectivity index (χ2v) is 5.54. The van der Waals surface area contributed by atoms with Crippen LogP contribution in [0.15, 0.2) is 59.3 Å². The van der Waals surface area contributed by atoms with Crippen LogP contribution in [0.1, 0.15) is 16.9 Å². The summed E-state index contributed by atoms with van der Waals surface area (Å²) in [5, 5.41) is 4.12. The molecule has 1 N–H and O–H groups in total. The lowest BCUT2D eigenvalue weighted by molar-refractivity contribution is 0.493. The minimum atomic E-state index is 0.682. The van der Waals surface area contributed by atoms with Crippen LogP contribution >= 0.6 is 11.6 Å². The first kappa shape index (κ1) is 14.8. The molecule has 2 aromatic heterocycles. The van der Waals surface area contributed by atoms with Gasteiger partial charge in [0, 0.05) is 29.5 Å². The van der Waals surface area contributed by atoms with Crippen LogP contribution in [-0.4, -0.2) is 4.98 Å². The van der Waals surface area contributed by atoms with Gasteiger partial charge in [0.2, 0.25) is 0 Å². The molecule has 3 nitrogen and oxygen atoms in total. The Morgan fingerprint density at radius 1 is 1.05 bits per heavy atom. The molecule has 22 heavy (non-hydrogen) atoms. The Morgan fingerprint density at radius 2 is 1.86 bits per heavy atom. The molecule has 4 heteroatoms. The van der Waals surface area contributed by atoms with E-state index in [1.807, 2.05) is 49.4 Å². The van der Waals surface area contributed by atoms with Crippen LogP contribution in [-0.2, 0) is 13.1 Å². The first-order valence-corrected chi connectivity index (χ1v) is 7.55. The quantitative estimate of drug-likeness (QED) is 0.748. The number of furan rings is 1. The maximum absolute atomic E-state index is 6.16. The van der Waals surface area contributed by atoms with Crippen LogP contribution in [0.25, 0.3) is 11.3 Å². The fourth-order valence-corrected chi connectivity index (χ4v) is 2.50. The minimum Gasteiger partial charge on any atom is -0.460 e. The first-order chi connectivity index (χ1) is 10.7. The molecule has 112 valence electrons. The maximum Gasteiger partial charge on any atom is 0.134 e. The van der Waals surface area contributed by atoms with Crippen molar-refractivity contribution in [3.8, 4) is 11.3 Å². The minimum absolute atomic E-state index is 0.682. The molecule has 0 saturated carbocycles. The Kier molecular flexibility index (Phi) is 4.56. The fraction of sp³-hybridized carbons (Fsp3) is 0.167. The lowest BCUT2D eigenvalue weighted by Gasteiger charge is -2.05. The van der Waals surface area contributed by atoms with Gasteiger partial charge in [0.1, 0.15) is 11.5 Å². The van der Waals surface area contributed by atoms with Crippen molar-refractivity contribution in [1.82, 2.24) is 10.3 Å². The van der Waals surface area contributed by atoms with E-state index in [9.17, 15) is 0 Å². The monoisotopic (exact) mass is 312 g/mol. The topological polar surface area (TPSA) is 38.1 Å². The van der Waals surface area contributed by atoms with E-state index < -0.39 is 0 Å². The zero-order valence-electron chi connectivity index (χ0n) is 12.3. The summed E-state index contributed by atoms with van der Waals surface area (Å²) >= 11 is 6.16. The van der Waals surface area contributed by atoms with Crippen molar-refractivity contribution in [3.05, 3.63) is 76.8 Å². The molecular formula is C18H17ClN2O. The molecule has 2 heterocycles. The molecule has 0 atom stereocenters. The smallest absolute Gasteiger partial charge is 0.134 e. The van der Waals surface area contributed by atoms with Crippen molar-refractivity contribution in [2.75, 3.05) is 0 Å². The molecule has 0 amide bonds. The predicted octanol–water partition coefficient (Wildman–Crippen LogP) is 4.59. The Balaban J connectivity index is 1.65. The number of halogens is 1. The van der Waals surface area contributed by atoms with Gasteiger partial charge in [-0.1, -0.05) is 23.7 Å². The summed E-state index contributed by atoms with van der Waals surface area (Å²) in [5.74, 6) is 1.75. The van der Waals surface area contributed by atoms with Crippen LogP contribution in [0.5, 0.6) is 0 Å². The molecule has 0 unspecified atom stereocenters. The van der Waals surface area contributed by atoms with Crippen LogP contribution in [0.4, 0.5) is 0 Å². The van der Waals surface area contributed by atoms with Gasteiger partial charge in [-0.3, -0.25) is 4.98 Å². The van der Waals surface area contributed by atoms with Crippen molar-refractivity contribution in [2.45, 2.75) is 20.0 Å². The average molecular weight is 313 g/mol. The zero-order valence-corrected chi connectivity index (χ0v) is 13.1. The Morgan fingerprint density at radius 3 is 2.68 bits per heavy atom. The lowest BCUT2D eigenvalue weighted by Crippen LogP contribution is -2.11. The van der Waals surface area contributed by atoms with Gasteiger partial charge in [0.15, 0.2) is 0 Å². The van der Waals surface area contributed by atoms with Crippen molar-refractivity contribution >= 4 is 11.6 Å². The van der Waals surface area contributed by atoms with Crippen molar-refractivity contribution in [2.24, 2.45) is 0 Å². The molecule has 1 aromatic carbocycles. The van der Waals surface area contributed by atoms with Crippen LogP contribution in [0, 0.1) is 6.92 Å². The number of nitrogens with one attached hydrogen (secondary N) is 1. The third-order valence-electron chi connectivity index (χ3n) is 3.57. The van der Waals surface area contributed by atoms with Gasteiger partial charge in [-0.15, -0.1) is 0 Å². The fourth-order valence-electron chi connectivity index (χ4n) is 2.32. The number of aromatic nitrogens is 1. The molecule has 0 aliphatic carbocycles. The predicted molar refractivity (Wildman–Crippen MR) is 88.7 cm³/mol. The SMILES string of the molecule is Cc1c(Cl)cccc1-c1ccc(CNCc2ccncc2)o1. The van der Waals surface area contributed by atoms with Gasteiger partial charge in [-0.25, -0.2) is 0 Å². The van der Waals surface area contributed by atoms with E-state index >= 15 is 0 Å². The van der Waals surface area contributed by atoms with Gasteiger partial charge in [-0.2, -0.15) is 0 Å². The molecule has 3 aromatic rings. The second kappa shape index (κ2) is 6.77. The van der Waals surface area contributed by atoms with Gasteiger partial charge in [0.05, 0.1) is 6.54 Å². The molecule has 3 rings (SSSR count). The largest absolute Gasteiger partial charge is 0.460 e. The van der Waals surface area contributed by atoms with Gasteiger partial charge < -0.3 is 9.73 Å². The number of nitrogens with zero attached hydrogens (tertiary/aromatic N) is 1. The summed E-state index contributed by atoms with van der Waals surface area (Å²) in [6.45, 7) is 3.47. The maximum atomic E-state index is 6.16. The highest BCUT2D eigenvalue weighted by Crippen LogP contribution is 2.29. The number of hydrogen-bond acceptors (Lipinski definition) is 3. The molecule has 0 bridgehead atoms. The van der Waals surface area contributed by atoms with Crippen LogP contribution in [0.3, 0.4) is 0 Å². The van der Waals surface area contributed by atoms with Crippen LogP contribution in [0.2, 0.25) is 5.02 Å². The highest BCUT2D eigenvalue weighted by atomic mass is 35.5. The van der Waals surface area contributed by atoms with E-state index in [2.05, 4.69) is 10.3 Å². The standard InChI is InChI=1S/C18H17ClN2O/c1-13-16(3-2-4-17(13)19)18-6-5-15(22-18)12-21-11-14-7-9-20-10-8-14/h2-10,21H,11-12H2,1H3. The number of rotatable bonds is 5. The molecule has 0 spiro atoms. The van der Waals surface area contributed by atoms with Gasteiger partial charge in [0.25, 0.3) is 0 Å².